The summed E-state index contributed by atoms with van der Waals surface area (Å²) in [7, 11) is -4.87. The lowest BCUT2D eigenvalue weighted by molar-refractivity contribution is -0.148. The van der Waals surface area contributed by atoms with Crippen LogP contribution in [0.15, 0.2) is 11.5 Å². The molecule has 1 aliphatic rings. The van der Waals surface area contributed by atoms with Crippen LogP contribution in [0.25, 0.3) is 0 Å². The van der Waals surface area contributed by atoms with E-state index in [0.29, 0.717) is 12.8 Å². The lowest BCUT2D eigenvalue weighted by Gasteiger charge is -2.23. The highest BCUT2D eigenvalue weighted by atomic mass is 31.2. The summed E-state index contributed by atoms with van der Waals surface area (Å²) in [5, 5.41) is 9.26. The van der Waals surface area contributed by atoms with Crippen molar-refractivity contribution >= 4 is 13.8 Å². The molecule has 0 aromatic carbocycles. The summed E-state index contributed by atoms with van der Waals surface area (Å²) in [5.41, 5.74) is 0. The van der Waals surface area contributed by atoms with Crippen molar-refractivity contribution < 1.29 is 43.0 Å². The van der Waals surface area contributed by atoms with Crippen molar-refractivity contribution in [2.45, 2.75) is 38.9 Å². The van der Waals surface area contributed by atoms with Gasteiger partial charge in [-0.2, -0.15) is 0 Å². The molecule has 0 aromatic rings. The number of carbonyl (C=O) groups excluding carboxylic acids is 1. The molecule has 1 aliphatic heterocycles. The molecule has 0 bridgehead atoms. The van der Waals surface area contributed by atoms with Crippen LogP contribution in [0, 0.1) is 0 Å². The third-order valence-electron chi connectivity index (χ3n) is 2.60. The fourth-order valence-electron chi connectivity index (χ4n) is 1.75. The SMILES string of the molecule is CCCOC1=C(OCCC)C(C(CO)OP(=O)(O)O)OC1=O. The molecule has 9 nitrogen and oxygen atoms in total. The first-order valence-corrected chi connectivity index (χ1v) is 8.42. The van der Waals surface area contributed by atoms with Crippen LogP contribution >= 0.6 is 7.82 Å². The van der Waals surface area contributed by atoms with E-state index in [0.717, 1.165) is 0 Å². The number of cyclic esters (lactones) is 1. The molecule has 1 heterocycles. The maximum atomic E-state index is 11.8. The lowest BCUT2D eigenvalue weighted by atomic mass is 10.2. The maximum absolute atomic E-state index is 11.8. The molecule has 0 aromatic heterocycles. The summed E-state index contributed by atoms with van der Waals surface area (Å²) in [6, 6.07) is 0. The van der Waals surface area contributed by atoms with Crippen LogP contribution in [0.4, 0.5) is 0 Å². The van der Waals surface area contributed by atoms with Crippen molar-refractivity contribution in [2.24, 2.45) is 0 Å². The van der Waals surface area contributed by atoms with Gasteiger partial charge in [0.05, 0.1) is 19.8 Å². The molecule has 2 unspecified atom stereocenters. The van der Waals surface area contributed by atoms with Gasteiger partial charge in [0, 0.05) is 0 Å². The normalized spacial score (nSPS) is 20.0. The predicted octanol–water partition coefficient (Wildman–Crippen LogP) is 0.447. The molecule has 0 saturated heterocycles. The number of hydrogen-bond acceptors (Lipinski definition) is 7. The zero-order chi connectivity index (χ0) is 16.8. The number of esters is 1. The van der Waals surface area contributed by atoms with Crippen molar-refractivity contribution in [1.82, 2.24) is 0 Å². The van der Waals surface area contributed by atoms with Gasteiger partial charge >= 0.3 is 13.8 Å². The summed E-state index contributed by atoms with van der Waals surface area (Å²) in [6.07, 6.45) is -1.46. The Bertz CT molecular complexity index is 456. The van der Waals surface area contributed by atoms with Crippen LogP contribution in [0.3, 0.4) is 0 Å². The average molecular weight is 340 g/mol. The molecule has 0 amide bonds. The minimum absolute atomic E-state index is 0.0206. The van der Waals surface area contributed by atoms with E-state index in [4.69, 9.17) is 24.0 Å². The van der Waals surface area contributed by atoms with E-state index in [9.17, 15) is 14.5 Å². The topological polar surface area (TPSA) is 132 Å². The van der Waals surface area contributed by atoms with Crippen LogP contribution in [0.1, 0.15) is 26.7 Å². The van der Waals surface area contributed by atoms with Gasteiger partial charge in [-0.1, -0.05) is 13.8 Å². The number of ether oxygens (including phenoxy) is 3. The fourth-order valence-corrected chi connectivity index (χ4v) is 2.28. The van der Waals surface area contributed by atoms with Gasteiger partial charge in [0.1, 0.15) is 6.10 Å². The lowest BCUT2D eigenvalue weighted by Crippen LogP contribution is -2.34. The zero-order valence-electron chi connectivity index (χ0n) is 12.4. The van der Waals surface area contributed by atoms with Gasteiger partial charge in [-0.05, 0) is 12.8 Å². The standard InChI is InChI=1S/C12H21O9P/c1-3-5-18-10-9(8(7-13)21-22(15,16)17)20-12(14)11(10)19-6-4-2/h8-9,13H,3-7H2,1-2H3,(H2,15,16,17). The van der Waals surface area contributed by atoms with Crippen molar-refractivity contribution in [3.05, 3.63) is 11.5 Å². The number of hydrogen-bond donors (Lipinski definition) is 3. The highest BCUT2D eigenvalue weighted by molar-refractivity contribution is 7.46. The third-order valence-corrected chi connectivity index (χ3v) is 3.15. The number of phosphoric acid groups is 1. The molecule has 0 radical (unpaired) electrons. The van der Waals surface area contributed by atoms with Crippen molar-refractivity contribution in [1.29, 1.82) is 0 Å². The van der Waals surface area contributed by atoms with Gasteiger partial charge < -0.3 is 29.1 Å². The largest absolute Gasteiger partial charge is 0.490 e. The first-order valence-electron chi connectivity index (χ1n) is 6.89. The second-order valence-electron chi connectivity index (χ2n) is 4.53. The Morgan fingerprint density at radius 2 is 1.82 bits per heavy atom. The highest BCUT2D eigenvalue weighted by Crippen LogP contribution is 2.41. The predicted molar refractivity (Wildman–Crippen MR) is 73.4 cm³/mol. The van der Waals surface area contributed by atoms with Crippen molar-refractivity contribution in [3.63, 3.8) is 0 Å². The van der Waals surface area contributed by atoms with E-state index in [1.54, 1.807) is 0 Å². The van der Waals surface area contributed by atoms with E-state index in [2.05, 4.69) is 4.52 Å². The van der Waals surface area contributed by atoms with E-state index in [-0.39, 0.29) is 24.7 Å². The molecule has 0 spiro atoms. The van der Waals surface area contributed by atoms with Gasteiger partial charge in [-0.15, -0.1) is 0 Å². The van der Waals surface area contributed by atoms with Crippen LogP contribution < -0.4 is 0 Å². The summed E-state index contributed by atoms with van der Waals surface area (Å²) >= 11 is 0. The van der Waals surface area contributed by atoms with Crippen molar-refractivity contribution in [3.8, 4) is 0 Å². The Morgan fingerprint density at radius 1 is 1.23 bits per heavy atom. The van der Waals surface area contributed by atoms with Gasteiger partial charge in [-0.3, -0.25) is 4.52 Å². The summed E-state index contributed by atoms with van der Waals surface area (Å²) < 4.78 is 31.1. The van der Waals surface area contributed by atoms with E-state index in [1.165, 1.54) is 0 Å². The van der Waals surface area contributed by atoms with Gasteiger partial charge in [0.2, 0.25) is 5.76 Å². The van der Waals surface area contributed by atoms with Gasteiger partial charge in [0.25, 0.3) is 0 Å². The highest BCUT2D eigenvalue weighted by Gasteiger charge is 2.44. The second-order valence-corrected chi connectivity index (χ2v) is 5.73. The molecule has 1 rings (SSSR count). The van der Waals surface area contributed by atoms with Crippen molar-refractivity contribution in [2.75, 3.05) is 19.8 Å². The summed E-state index contributed by atoms with van der Waals surface area (Å²) in [5.74, 6) is -1.00. The number of rotatable bonds is 10. The number of phosphoric ester groups is 1. The molecule has 0 saturated carbocycles. The molecule has 2 atom stereocenters. The van der Waals surface area contributed by atoms with Gasteiger partial charge in [-0.25, -0.2) is 9.36 Å². The van der Waals surface area contributed by atoms with E-state index >= 15 is 0 Å². The van der Waals surface area contributed by atoms with Crippen LogP contribution in [-0.2, 0) is 28.1 Å². The first-order chi connectivity index (χ1) is 10.3. The summed E-state index contributed by atoms with van der Waals surface area (Å²) in [4.78, 5) is 29.6. The Balaban J connectivity index is 3.02. The number of carbonyl (C=O) groups is 1. The fraction of sp³-hybridized carbons (Fsp3) is 0.750. The first kappa shape index (κ1) is 18.9. The Kier molecular flexibility index (Phi) is 7.31. The number of aliphatic hydroxyl groups is 1. The van der Waals surface area contributed by atoms with Crippen LogP contribution in [-0.4, -0.2) is 52.9 Å². The Hall–Kier alpha value is -1.12. The number of aliphatic hydroxyl groups excluding tert-OH is 1. The molecule has 0 fully saturated rings. The molecule has 128 valence electrons. The minimum Gasteiger partial charge on any atom is -0.490 e. The molecule has 3 N–H and O–H groups in total. The minimum atomic E-state index is -4.87. The quantitative estimate of drug-likeness (QED) is 0.383. The second kappa shape index (κ2) is 8.50. The average Bonchev–Trinajstić information content (AvgIpc) is 2.75. The Morgan fingerprint density at radius 3 is 2.32 bits per heavy atom. The Labute approximate surface area is 128 Å². The zero-order valence-corrected chi connectivity index (χ0v) is 13.3. The monoisotopic (exact) mass is 340 g/mol. The maximum Gasteiger partial charge on any atom is 0.470 e. The molecule has 10 heteroatoms. The molecular weight excluding hydrogens is 319 g/mol. The van der Waals surface area contributed by atoms with E-state index < -0.39 is 32.6 Å². The molecular formula is C12H21O9P. The molecule has 0 aliphatic carbocycles. The van der Waals surface area contributed by atoms with E-state index in [1.807, 2.05) is 13.8 Å². The van der Waals surface area contributed by atoms with Gasteiger partial charge in [0.15, 0.2) is 11.9 Å². The third kappa shape index (κ3) is 5.26. The summed E-state index contributed by atoms with van der Waals surface area (Å²) in [6.45, 7) is 3.41. The smallest absolute Gasteiger partial charge is 0.470 e. The van der Waals surface area contributed by atoms with Crippen LogP contribution in [0.5, 0.6) is 0 Å². The molecule has 22 heavy (non-hydrogen) atoms. The van der Waals surface area contributed by atoms with Crippen LogP contribution in [0.2, 0.25) is 0 Å².